The summed E-state index contributed by atoms with van der Waals surface area (Å²) in [5, 5.41) is 5.05. The van der Waals surface area contributed by atoms with Gasteiger partial charge in [0, 0.05) is 22.2 Å². The molecule has 1 fully saturated rings. The maximum Gasteiger partial charge on any atom is 0.267 e. The van der Waals surface area contributed by atoms with Crippen molar-refractivity contribution >= 4 is 28.6 Å². The first-order valence-corrected chi connectivity index (χ1v) is 9.30. The minimum atomic E-state index is 0.0278. The van der Waals surface area contributed by atoms with Crippen LogP contribution in [0.1, 0.15) is 47.3 Å². The summed E-state index contributed by atoms with van der Waals surface area (Å²) in [6.45, 7) is 4.21. The minimum Gasteiger partial charge on any atom is -0.351 e. The fraction of sp³-hybridized carbons (Fsp3) is 0.500. The minimum absolute atomic E-state index is 0.0278. The van der Waals surface area contributed by atoms with Crippen molar-refractivity contribution in [2.24, 2.45) is 0 Å². The number of benzene rings is 1. The average molecular weight is 316 g/mol. The Morgan fingerprint density at radius 2 is 2.14 bits per heavy atom. The fourth-order valence-corrected chi connectivity index (χ4v) is 4.16. The molecule has 1 saturated carbocycles. The van der Waals surface area contributed by atoms with Gasteiger partial charge in [-0.25, -0.2) is 0 Å². The molecule has 0 saturated heterocycles. The van der Waals surface area contributed by atoms with Crippen molar-refractivity contribution in [3.63, 3.8) is 0 Å². The molecule has 1 aliphatic carbocycles. The van der Waals surface area contributed by atoms with Gasteiger partial charge in [0.15, 0.2) is 0 Å². The monoisotopic (exact) mass is 316 g/mol. The van der Waals surface area contributed by atoms with E-state index in [-0.39, 0.29) is 5.91 Å². The molecule has 0 aliphatic heterocycles. The number of nitrogens with one attached hydrogen (secondary N) is 2. The molecule has 3 rings (SSSR count). The number of H-pyrrole nitrogens is 1. The molecule has 1 aromatic heterocycles. The molecule has 2 aromatic rings. The molecule has 1 amide bonds. The van der Waals surface area contributed by atoms with Gasteiger partial charge in [0.05, 0.1) is 0 Å². The van der Waals surface area contributed by atoms with Crippen LogP contribution < -0.4 is 5.32 Å². The molecule has 1 heterocycles. The van der Waals surface area contributed by atoms with E-state index in [9.17, 15) is 4.79 Å². The molecule has 1 aromatic carbocycles. The quantitative estimate of drug-likeness (QED) is 0.892. The molecular weight excluding hydrogens is 292 g/mol. The van der Waals surface area contributed by atoms with Crippen molar-refractivity contribution in [1.29, 1.82) is 0 Å². The summed E-state index contributed by atoms with van der Waals surface area (Å²) in [4.78, 5) is 15.8. The Balaban J connectivity index is 1.76. The first-order chi connectivity index (χ1) is 10.6. The van der Waals surface area contributed by atoms with Crippen molar-refractivity contribution in [3.05, 3.63) is 35.0 Å². The summed E-state index contributed by atoms with van der Waals surface area (Å²) in [7, 11) is 0. The van der Waals surface area contributed by atoms with Crippen molar-refractivity contribution in [2.45, 2.75) is 50.8 Å². The van der Waals surface area contributed by atoms with Gasteiger partial charge in [0.2, 0.25) is 0 Å². The number of rotatable bonds is 3. The zero-order chi connectivity index (χ0) is 15.7. The number of thioether (sulfide) groups is 1. The number of aromatic nitrogens is 1. The van der Waals surface area contributed by atoms with Gasteiger partial charge >= 0.3 is 0 Å². The lowest BCUT2D eigenvalue weighted by Crippen LogP contribution is -2.39. The van der Waals surface area contributed by atoms with E-state index in [1.54, 1.807) is 0 Å². The Morgan fingerprint density at radius 3 is 2.91 bits per heavy atom. The van der Waals surface area contributed by atoms with Crippen LogP contribution >= 0.6 is 11.8 Å². The molecule has 1 aliphatic rings. The number of hydrogen-bond donors (Lipinski definition) is 2. The van der Waals surface area contributed by atoms with Crippen molar-refractivity contribution in [1.82, 2.24) is 10.3 Å². The van der Waals surface area contributed by atoms with E-state index in [4.69, 9.17) is 0 Å². The van der Waals surface area contributed by atoms with Gasteiger partial charge in [-0.2, -0.15) is 11.8 Å². The number of amides is 1. The van der Waals surface area contributed by atoms with Gasteiger partial charge in [-0.1, -0.05) is 12.5 Å². The summed E-state index contributed by atoms with van der Waals surface area (Å²) in [5.41, 5.74) is 4.22. The number of carbonyl (C=O) groups is 1. The maximum atomic E-state index is 12.5. The van der Waals surface area contributed by atoms with Crippen LogP contribution in [0.5, 0.6) is 0 Å². The summed E-state index contributed by atoms with van der Waals surface area (Å²) >= 11 is 1.92. The van der Waals surface area contributed by atoms with Crippen molar-refractivity contribution in [3.8, 4) is 0 Å². The standard InChI is InChI=1S/C18H24N2OS/c1-11-7-8-16-15(12(11)2)10-17(20-16)18(21)19-13-5-4-6-14(9-13)22-3/h7-8,10,13-14,20H,4-6,9H2,1-3H3,(H,19,21)/t13-,14-/m0/s1. The third-order valence-corrected chi connectivity index (χ3v) is 5.98. The molecule has 0 radical (unpaired) electrons. The molecule has 2 N–H and O–H groups in total. The average Bonchev–Trinajstić information content (AvgIpc) is 2.96. The van der Waals surface area contributed by atoms with E-state index >= 15 is 0 Å². The summed E-state index contributed by atoms with van der Waals surface area (Å²) in [6.07, 6.45) is 6.84. The Labute approximate surface area is 136 Å². The summed E-state index contributed by atoms with van der Waals surface area (Å²) < 4.78 is 0. The van der Waals surface area contributed by atoms with Gasteiger partial charge in [0.25, 0.3) is 5.91 Å². The number of aryl methyl sites for hydroxylation is 2. The molecule has 2 atom stereocenters. The number of fused-ring (bicyclic) bond motifs is 1. The maximum absolute atomic E-state index is 12.5. The molecule has 4 heteroatoms. The van der Waals surface area contributed by atoms with Crippen molar-refractivity contribution < 1.29 is 4.79 Å². The van der Waals surface area contributed by atoms with E-state index in [2.05, 4.69) is 42.5 Å². The zero-order valence-electron chi connectivity index (χ0n) is 13.5. The van der Waals surface area contributed by atoms with Gasteiger partial charge in [-0.15, -0.1) is 0 Å². The molecule has 22 heavy (non-hydrogen) atoms. The highest BCUT2D eigenvalue weighted by Crippen LogP contribution is 2.27. The molecule has 118 valence electrons. The second-order valence-electron chi connectivity index (χ2n) is 6.35. The van der Waals surface area contributed by atoms with Gasteiger partial charge < -0.3 is 10.3 Å². The molecule has 3 nitrogen and oxygen atoms in total. The number of hydrogen-bond acceptors (Lipinski definition) is 2. The lowest BCUT2D eigenvalue weighted by atomic mass is 9.95. The van der Waals surface area contributed by atoms with Crippen LogP contribution in [0, 0.1) is 13.8 Å². The normalized spacial score (nSPS) is 22.0. The highest BCUT2D eigenvalue weighted by molar-refractivity contribution is 7.99. The number of carbonyl (C=O) groups excluding carboxylic acids is 1. The molecule has 0 spiro atoms. The Bertz CT molecular complexity index is 692. The highest BCUT2D eigenvalue weighted by Gasteiger charge is 2.23. The topological polar surface area (TPSA) is 44.9 Å². The Kier molecular flexibility index (Phi) is 4.48. The highest BCUT2D eigenvalue weighted by atomic mass is 32.2. The van der Waals surface area contributed by atoms with Gasteiger partial charge in [0.1, 0.15) is 5.69 Å². The second kappa shape index (κ2) is 6.37. The number of aromatic amines is 1. The van der Waals surface area contributed by atoms with Crippen molar-refractivity contribution in [2.75, 3.05) is 6.26 Å². The van der Waals surface area contributed by atoms with Crippen LogP contribution in [0.15, 0.2) is 18.2 Å². The predicted molar refractivity (Wildman–Crippen MR) is 94.8 cm³/mol. The summed E-state index contributed by atoms with van der Waals surface area (Å²) in [6, 6.07) is 6.45. The predicted octanol–water partition coefficient (Wildman–Crippen LogP) is 4.19. The third-order valence-electron chi connectivity index (χ3n) is 4.88. The smallest absolute Gasteiger partial charge is 0.267 e. The van der Waals surface area contributed by atoms with Crippen LogP contribution in [-0.2, 0) is 0 Å². The van der Waals surface area contributed by atoms with E-state index in [1.807, 2.05) is 17.8 Å². The molecule has 0 unspecified atom stereocenters. The van der Waals surface area contributed by atoms with Gasteiger partial charge in [-0.05, 0) is 62.6 Å². The summed E-state index contributed by atoms with van der Waals surface area (Å²) in [5.74, 6) is 0.0278. The molecule has 0 bridgehead atoms. The van der Waals surface area contributed by atoms with Crippen LogP contribution in [0.2, 0.25) is 0 Å². The molecular formula is C18H24N2OS. The van der Waals surface area contributed by atoms with E-state index in [0.717, 1.165) is 23.7 Å². The first-order valence-electron chi connectivity index (χ1n) is 8.01. The van der Waals surface area contributed by atoms with Crippen LogP contribution in [-0.4, -0.2) is 28.4 Å². The fourth-order valence-electron chi connectivity index (χ4n) is 3.33. The van der Waals surface area contributed by atoms with Crippen LogP contribution in [0.25, 0.3) is 10.9 Å². The van der Waals surface area contributed by atoms with Gasteiger partial charge in [-0.3, -0.25) is 4.79 Å². The Hall–Kier alpha value is -1.42. The first kappa shape index (κ1) is 15.5. The SMILES string of the molecule is CS[C@H]1CCC[C@H](NC(=O)c2cc3c(C)c(C)ccc3[nH]2)C1. The van der Waals surface area contributed by atoms with Crippen LogP contribution in [0.3, 0.4) is 0 Å². The van der Waals surface area contributed by atoms with E-state index in [1.165, 1.54) is 24.0 Å². The zero-order valence-corrected chi connectivity index (χ0v) is 14.3. The lowest BCUT2D eigenvalue weighted by Gasteiger charge is -2.28. The van der Waals surface area contributed by atoms with Crippen LogP contribution in [0.4, 0.5) is 0 Å². The largest absolute Gasteiger partial charge is 0.351 e. The van der Waals surface area contributed by atoms with E-state index < -0.39 is 0 Å². The Morgan fingerprint density at radius 1 is 1.32 bits per heavy atom. The lowest BCUT2D eigenvalue weighted by molar-refractivity contribution is 0.0924. The van der Waals surface area contributed by atoms with E-state index in [0.29, 0.717) is 17.0 Å². The second-order valence-corrected chi connectivity index (χ2v) is 7.48. The third kappa shape index (κ3) is 3.02.